The second-order valence-electron chi connectivity index (χ2n) is 10.6. The van der Waals surface area contributed by atoms with E-state index in [9.17, 15) is 19.2 Å². The van der Waals surface area contributed by atoms with Gasteiger partial charge in [0.25, 0.3) is 11.8 Å². The number of nitrogens with zero attached hydrogens (tertiary/aromatic N) is 1. The molecule has 0 bridgehead atoms. The van der Waals surface area contributed by atoms with Gasteiger partial charge in [-0.15, -0.1) is 0 Å². The molecule has 0 aliphatic carbocycles. The molecule has 0 aliphatic rings. The minimum atomic E-state index is -1.27. The standard InChI is InChI=1S/C30H38N4O5/c1-9-34(28(37)23(15-16-24(31)35)32-29(38)39-30(6,7)8)26(22-14-13-18(2)17-21(22)5)27(36)33-25-19(3)11-10-12-20(25)4/h1,10-14,17,23,26H,15-16H2,2-8H3,(H2,31,35)(H,32,38)(H,33,36). The zero-order valence-corrected chi connectivity index (χ0v) is 23.7. The molecule has 0 radical (unpaired) electrons. The van der Waals surface area contributed by atoms with E-state index in [1.165, 1.54) is 0 Å². The number of benzene rings is 2. The van der Waals surface area contributed by atoms with Crippen LogP contribution in [-0.2, 0) is 19.1 Å². The third-order valence-corrected chi connectivity index (χ3v) is 6.00. The summed E-state index contributed by atoms with van der Waals surface area (Å²) in [5.41, 5.74) is 9.01. The quantitative estimate of drug-likeness (QED) is 0.328. The number of primary amides is 1. The number of carbonyl (C=O) groups excluding carboxylic acids is 4. The van der Waals surface area contributed by atoms with Gasteiger partial charge in [0.15, 0.2) is 0 Å². The van der Waals surface area contributed by atoms with E-state index in [-0.39, 0.29) is 12.8 Å². The summed E-state index contributed by atoms with van der Waals surface area (Å²) in [6.45, 7) is 12.5. The van der Waals surface area contributed by atoms with E-state index in [4.69, 9.17) is 16.9 Å². The zero-order chi connectivity index (χ0) is 29.5. The van der Waals surface area contributed by atoms with Crippen molar-refractivity contribution in [1.82, 2.24) is 10.2 Å². The number of anilines is 1. The Balaban J connectivity index is 2.56. The second kappa shape index (κ2) is 13.0. The Hall–Kier alpha value is -4.32. The fraction of sp³-hybridized carbons (Fsp3) is 0.400. The van der Waals surface area contributed by atoms with Crippen LogP contribution >= 0.6 is 0 Å². The van der Waals surface area contributed by atoms with Gasteiger partial charge in [0, 0.05) is 18.2 Å². The van der Waals surface area contributed by atoms with Gasteiger partial charge in [0.1, 0.15) is 17.7 Å². The average molecular weight is 535 g/mol. The van der Waals surface area contributed by atoms with E-state index >= 15 is 0 Å². The van der Waals surface area contributed by atoms with Gasteiger partial charge in [-0.1, -0.05) is 48.4 Å². The molecule has 4 N–H and O–H groups in total. The summed E-state index contributed by atoms with van der Waals surface area (Å²) in [5, 5.41) is 5.43. The van der Waals surface area contributed by atoms with Gasteiger partial charge in [-0.25, -0.2) is 4.79 Å². The SMILES string of the molecule is C#CN(C(=O)C(CCC(N)=O)NC(=O)OC(C)(C)C)C(C(=O)Nc1c(C)cccc1C)c1ccc(C)cc1C. The zero-order valence-electron chi connectivity index (χ0n) is 23.7. The van der Waals surface area contributed by atoms with Crippen molar-refractivity contribution in [2.24, 2.45) is 5.73 Å². The van der Waals surface area contributed by atoms with Crippen molar-refractivity contribution >= 4 is 29.5 Å². The van der Waals surface area contributed by atoms with Crippen molar-refractivity contribution in [2.75, 3.05) is 5.32 Å². The van der Waals surface area contributed by atoms with Crippen molar-refractivity contribution in [3.05, 3.63) is 64.2 Å². The van der Waals surface area contributed by atoms with Gasteiger partial charge >= 0.3 is 6.09 Å². The molecule has 39 heavy (non-hydrogen) atoms. The van der Waals surface area contributed by atoms with Crippen LogP contribution in [0.5, 0.6) is 0 Å². The Morgan fingerprint density at radius 2 is 1.64 bits per heavy atom. The maximum Gasteiger partial charge on any atom is 0.408 e. The van der Waals surface area contributed by atoms with Gasteiger partial charge < -0.3 is 21.1 Å². The number of para-hydroxylation sites is 1. The first kappa shape index (κ1) is 30.9. The van der Waals surface area contributed by atoms with E-state index in [1.54, 1.807) is 26.8 Å². The van der Waals surface area contributed by atoms with Crippen LogP contribution in [0.4, 0.5) is 10.5 Å². The Bertz CT molecular complexity index is 1270. The highest BCUT2D eigenvalue weighted by Gasteiger charge is 2.37. The van der Waals surface area contributed by atoms with Crippen LogP contribution in [0.3, 0.4) is 0 Å². The molecule has 4 amide bonds. The molecule has 9 nitrogen and oxygen atoms in total. The summed E-state index contributed by atoms with van der Waals surface area (Å²) in [5.74, 6) is -1.95. The summed E-state index contributed by atoms with van der Waals surface area (Å²) in [6.07, 6.45) is 4.64. The average Bonchev–Trinajstić information content (AvgIpc) is 2.81. The number of terminal acetylenes is 1. The van der Waals surface area contributed by atoms with Crippen molar-refractivity contribution in [3.8, 4) is 12.5 Å². The molecule has 208 valence electrons. The minimum Gasteiger partial charge on any atom is -0.444 e. The number of rotatable bonds is 9. The minimum absolute atomic E-state index is 0.135. The third kappa shape index (κ3) is 8.60. The van der Waals surface area contributed by atoms with Crippen LogP contribution < -0.4 is 16.4 Å². The van der Waals surface area contributed by atoms with Crippen LogP contribution in [0, 0.1) is 40.2 Å². The van der Waals surface area contributed by atoms with Gasteiger partial charge in [-0.3, -0.25) is 19.3 Å². The number of hydrogen-bond donors (Lipinski definition) is 3. The molecule has 2 atom stereocenters. The number of carbonyl (C=O) groups is 4. The van der Waals surface area contributed by atoms with Crippen molar-refractivity contribution < 1.29 is 23.9 Å². The van der Waals surface area contributed by atoms with Gasteiger partial charge in [-0.2, -0.15) is 0 Å². The maximum absolute atomic E-state index is 13.9. The molecule has 0 saturated heterocycles. The number of hydrogen-bond acceptors (Lipinski definition) is 5. The molecule has 2 aromatic carbocycles. The van der Waals surface area contributed by atoms with Crippen molar-refractivity contribution in [2.45, 2.75) is 79.0 Å². The summed E-state index contributed by atoms with van der Waals surface area (Å²) in [7, 11) is 0. The highest BCUT2D eigenvalue weighted by molar-refractivity contribution is 6.00. The summed E-state index contributed by atoms with van der Waals surface area (Å²) < 4.78 is 5.30. The number of ether oxygens (including phenoxy) is 1. The number of aryl methyl sites for hydroxylation is 4. The van der Waals surface area contributed by atoms with E-state index in [2.05, 4.69) is 16.7 Å². The number of alkyl carbamates (subject to hydrolysis) is 1. The highest BCUT2D eigenvalue weighted by Crippen LogP contribution is 2.29. The fourth-order valence-electron chi connectivity index (χ4n) is 4.16. The molecular weight excluding hydrogens is 496 g/mol. The molecule has 0 heterocycles. The lowest BCUT2D eigenvalue weighted by molar-refractivity contribution is -0.137. The number of nitrogens with two attached hydrogens (primary N) is 1. The maximum atomic E-state index is 13.9. The van der Waals surface area contributed by atoms with Crippen LogP contribution in [0.1, 0.15) is 67.5 Å². The molecular formula is C30H38N4O5. The van der Waals surface area contributed by atoms with Gasteiger partial charge in [0.05, 0.1) is 0 Å². The topological polar surface area (TPSA) is 131 Å². The molecule has 2 rings (SSSR count). The molecule has 0 aliphatic heterocycles. The van der Waals surface area contributed by atoms with Gasteiger partial charge in [-0.05, 0) is 77.1 Å². The largest absolute Gasteiger partial charge is 0.444 e. The van der Waals surface area contributed by atoms with E-state index in [0.29, 0.717) is 11.3 Å². The lowest BCUT2D eigenvalue weighted by Gasteiger charge is -2.31. The molecule has 0 aromatic heterocycles. The molecule has 2 unspecified atom stereocenters. The summed E-state index contributed by atoms with van der Waals surface area (Å²) in [6, 6.07) is 10.9. The van der Waals surface area contributed by atoms with Crippen LogP contribution in [-0.4, -0.2) is 40.4 Å². The van der Waals surface area contributed by atoms with Crippen molar-refractivity contribution in [1.29, 1.82) is 0 Å². The van der Waals surface area contributed by atoms with Gasteiger partial charge in [0.2, 0.25) is 5.91 Å². The van der Waals surface area contributed by atoms with Crippen LogP contribution in [0.15, 0.2) is 36.4 Å². The van der Waals surface area contributed by atoms with Crippen molar-refractivity contribution in [3.63, 3.8) is 0 Å². The van der Waals surface area contributed by atoms with E-state index in [0.717, 1.165) is 27.2 Å². The molecule has 0 fully saturated rings. The van der Waals surface area contributed by atoms with E-state index < -0.39 is 41.5 Å². The number of amides is 4. The molecule has 0 saturated carbocycles. The van der Waals surface area contributed by atoms with Crippen LogP contribution in [0.2, 0.25) is 0 Å². The highest BCUT2D eigenvalue weighted by atomic mass is 16.6. The van der Waals surface area contributed by atoms with E-state index in [1.807, 2.05) is 58.0 Å². The third-order valence-electron chi connectivity index (χ3n) is 6.00. The predicted molar refractivity (Wildman–Crippen MR) is 150 cm³/mol. The Labute approximate surface area is 230 Å². The Morgan fingerprint density at radius 1 is 1.03 bits per heavy atom. The Morgan fingerprint density at radius 3 is 2.15 bits per heavy atom. The first-order valence-corrected chi connectivity index (χ1v) is 12.7. The fourth-order valence-corrected chi connectivity index (χ4v) is 4.16. The molecule has 9 heteroatoms. The summed E-state index contributed by atoms with van der Waals surface area (Å²) >= 11 is 0. The van der Waals surface area contributed by atoms with Crippen LogP contribution in [0.25, 0.3) is 0 Å². The lowest BCUT2D eigenvalue weighted by atomic mass is 9.96. The lowest BCUT2D eigenvalue weighted by Crippen LogP contribution is -2.51. The monoisotopic (exact) mass is 534 g/mol. The number of nitrogens with one attached hydrogen (secondary N) is 2. The molecule has 2 aromatic rings. The molecule has 0 spiro atoms. The smallest absolute Gasteiger partial charge is 0.408 e. The first-order valence-electron chi connectivity index (χ1n) is 12.7. The summed E-state index contributed by atoms with van der Waals surface area (Å²) in [4.78, 5) is 52.8. The second-order valence-corrected chi connectivity index (χ2v) is 10.6. The predicted octanol–water partition coefficient (Wildman–Crippen LogP) is 4.18. The normalized spacial score (nSPS) is 12.5. The first-order chi connectivity index (χ1) is 18.1. The Kier molecular flexibility index (Phi) is 10.3.